The van der Waals surface area contributed by atoms with Gasteiger partial charge in [0, 0.05) is 16.3 Å². The number of hydrogen-bond donors (Lipinski definition) is 1. The van der Waals surface area contributed by atoms with E-state index in [-0.39, 0.29) is 22.9 Å². The molecular formula is C15H13ClFNO. The Morgan fingerprint density at radius 2 is 2.00 bits per heavy atom. The van der Waals surface area contributed by atoms with Gasteiger partial charge >= 0.3 is 0 Å². The smallest absolute Gasteiger partial charge is 0.228 e. The number of carbonyl (C=O) groups excluding carboxylic acids is 1. The zero-order valence-electron chi connectivity index (χ0n) is 10.4. The van der Waals surface area contributed by atoms with Crippen LogP contribution in [0.5, 0.6) is 0 Å². The Bertz CT molecular complexity index is 593. The second kappa shape index (κ2) is 5.85. The number of rotatable bonds is 3. The van der Waals surface area contributed by atoms with Crippen molar-refractivity contribution in [2.45, 2.75) is 13.3 Å². The molecule has 0 saturated carbocycles. The van der Waals surface area contributed by atoms with Crippen LogP contribution in [0, 0.1) is 12.7 Å². The average molecular weight is 278 g/mol. The Morgan fingerprint density at radius 1 is 1.26 bits per heavy atom. The van der Waals surface area contributed by atoms with Crippen molar-refractivity contribution in [2.75, 3.05) is 5.32 Å². The first kappa shape index (κ1) is 13.6. The quantitative estimate of drug-likeness (QED) is 0.904. The van der Waals surface area contributed by atoms with Gasteiger partial charge in [-0.3, -0.25) is 4.79 Å². The first-order valence-corrected chi connectivity index (χ1v) is 6.23. The molecule has 0 aliphatic heterocycles. The summed E-state index contributed by atoms with van der Waals surface area (Å²) in [6.07, 6.45) is -0.0839. The molecule has 0 atom stereocenters. The van der Waals surface area contributed by atoms with Crippen molar-refractivity contribution >= 4 is 23.2 Å². The Balaban J connectivity index is 2.10. The van der Waals surface area contributed by atoms with Gasteiger partial charge in [-0.15, -0.1) is 0 Å². The number of benzene rings is 2. The Kier molecular flexibility index (Phi) is 4.17. The number of anilines is 1. The van der Waals surface area contributed by atoms with Crippen molar-refractivity contribution in [3.63, 3.8) is 0 Å². The molecule has 0 aromatic heterocycles. The molecule has 0 aliphatic carbocycles. The summed E-state index contributed by atoms with van der Waals surface area (Å²) in [4.78, 5) is 11.9. The molecule has 1 amide bonds. The lowest BCUT2D eigenvalue weighted by Crippen LogP contribution is -2.15. The van der Waals surface area contributed by atoms with Gasteiger partial charge in [-0.25, -0.2) is 4.39 Å². The van der Waals surface area contributed by atoms with Gasteiger partial charge in [0.25, 0.3) is 0 Å². The number of hydrogen-bond acceptors (Lipinski definition) is 1. The highest BCUT2D eigenvalue weighted by atomic mass is 35.5. The highest BCUT2D eigenvalue weighted by Crippen LogP contribution is 2.20. The summed E-state index contributed by atoms with van der Waals surface area (Å²) in [6.45, 7) is 1.93. The molecule has 0 spiro atoms. The summed E-state index contributed by atoms with van der Waals surface area (Å²) in [7, 11) is 0. The summed E-state index contributed by atoms with van der Waals surface area (Å²) < 4.78 is 13.5. The van der Waals surface area contributed by atoms with Gasteiger partial charge in [0.2, 0.25) is 5.91 Å². The monoisotopic (exact) mass is 277 g/mol. The molecule has 19 heavy (non-hydrogen) atoms. The Labute approximate surface area is 116 Å². The van der Waals surface area contributed by atoms with Gasteiger partial charge in [-0.2, -0.15) is 0 Å². The zero-order chi connectivity index (χ0) is 13.8. The minimum absolute atomic E-state index is 0.0839. The molecule has 0 bridgehead atoms. The maximum Gasteiger partial charge on any atom is 0.228 e. The number of carbonyl (C=O) groups is 1. The minimum Gasteiger partial charge on any atom is -0.326 e. The van der Waals surface area contributed by atoms with Gasteiger partial charge in [0.05, 0.1) is 6.42 Å². The topological polar surface area (TPSA) is 29.1 Å². The number of amides is 1. The fourth-order valence-corrected chi connectivity index (χ4v) is 2.02. The van der Waals surface area contributed by atoms with Gasteiger partial charge in [0.15, 0.2) is 0 Å². The van der Waals surface area contributed by atoms with Crippen molar-refractivity contribution < 1.29 is 9.18 Å². The number of nitrogens with one attached hydrogen (secondary N) is 1. The van der Waals surface area contributed by atoms with Crippen LogP contribution in [0.2, 0.25) is 5.02 Å². The molecular weight excluding hydrogens is 265 g/mol. The van der Waals surface area contributed by atoms with E-state index in [2.05, 4.69) is 5.32 Å². The van der Waals surface area contributed by atoms with E-state index in [0.717, 1.165) is 5.56 Å². The largest absolute Gasteiger partial charge is 0.326 e. The van der Waals surface area contributed by atoms with E-state index in [0.29, 0.717) is 5.69 Å². The summed E-state index contributed by atoms with van der Waals surface area (Å²) >= 11 is 5.88. The molecule has 0 saturated heterocycles. The first-order chi connectivity index (χ1) is 9.06. The summed E-state index contributed by atoms with van der Waals surface area (Å²) in [6, 6.07) is 11.8. The van der Waals surface area contributed by atoms with Gasteiger partial charge in [0.1, 0.15) is 5.82 Å². The van der Waals surface area contributed by atoms with Crippen LogP contribution in [-0.4, -0.2) is 5.91 Å². The summed E-state index contributed by atoms with van der Waals surface area (Å²) in [5.74, 6) is -0.760. The SMILES string of the molecule is Cc1cccc(NC(=O)Cc2c(F)cccc2Cl)c1. The van der Waals surface area contributed by atoms with E-state index >= 15 is 0 Å². The van der Waals surface area contributed by atoms with Crippen molar-refractivity contribution in [1.82, 2.24) is 0 Å². The van der Waals surface area contributed by atoms with Crippen LogP contribution in [0.3, 0.4) is 0 Å². The molecule has 0 unspecified atom stereocenters. The van der Waals surface area contributed by atoms with E-state index in [9.17, 15) is 9.18 Å². The fourth-order valence-electron chi connectivity index (χ4n) is 1.79. The standard InChI is InChI=1S/C15H13ClFNO/c1-10-4-2-5-11(8-10)18-15(19)9-12-13(16)6-3-7-14(12)17/h2-8H,9H2,1H3,(H,18,19). The highest BCUT2D eigenvalue weighted by molar-refractivity contribution is 6.31. The molecule has 1 N–H and O–H groups in total. The van der Waals surface area contributed by atoms with Crippen LogP contribution in [-0.2, 0) is 11.2 Å². The Hall–Kier alpha value is -1.87. The lowest BCUT2D eigenvalue weighted by molar-refractivity contribution is -0.115. The van der Waals surface area contributed by atoms with Crippen molar-refractivity contribution in [2.24, 2.45) is 0 Å². The Morgan fingerprint density at radius 3 is 2.68 bits per heavy atom. The van der Waals surface area contributed by atoms with Crippen LogP contribution in [0.15, 0.2) is 42.5 Å². The van der Waals surface area contributed by atoms with Gasteiger partial charge < -0.3 is 5.32 Å². The third-order valence-electron chi connectivity index (χ3n) is 2.70. The maximum absolute atomic E-state index is 13.5. The third-order valence-corrected chi connectivity index (χ3v) is 3.05. The maximum atomic E-state index is 13.5. The number of halogens is 2. The molecule has 98 valence electrons. The van der Waals surface area contributed by atoms with Crippen LogP contribution in [0.25, 0.3) is 0 Å². The van der Waals surface area contributed by atoms with Gasteiger partial charge in [-0.05, 0) is 36.8 Å². The predicted molar refractivity (Wildman–Crippen MR) is 74.9 cm³/mol. The number of aryl methyl sites for hydroxylation is 1. The second-order valence-corrected chi connectivity index (χ2v) is 4.70. The van der Waals surface area contributed by atoms with E-state index in [4.69, 9.17) is 11.6 Å². The highest BCUT2D eigenvalue weighted by Gasteiger charge is 2.11. The first-order valence-electron chi connectivity index (χ1n) is 5.85. The van der Waals surface area contributed by atoms with Crippen LogP contribution >= 0.6 is 11.6 Å². The zero-order valence-corrected chi connectivity index (χ0v) is 11.2. The third kappa shape index (κ3) is 3.55. The van der Waals surface area contributed by atoms with Crippen molar-refractivity contribution in [1.29, 1.82) is 0 Å². The molecule has 0 fully saturated rings. The molecule has 0 heterocycles. The predicted octanol–water partition coefficient (Wildman–Crippen LogP) is 3.97. The fraction of sp³-hybridized carbons (Fsp3) is 0.133. The lowest BCUT2D eigenvalue weighted by Gasteiger charge is -2.08. The molecule has 2 aromatic carbocycles. The van der Waals surface area contributed by atoms with Gasteiger partial charge in [-0.1, -0.05) is 29.8 Å². The molecule has 0 radical (unpaired) electrons. The van der Waals surface area contributed by atoms with E-state index in [1.54, 1.807) is 12.1 Å². The molecule has 4 heteroatoms. The van der Waals surface area contributed by atoms with E-state index < -0.39 is 5.82 Å². The van der Waals surface area contributed by atoms with Crippen LogP contribution < -0.4 is 5.32 Å². The molecule has 0 aliphatic rings. The van der Waals surface area contributed by atoms with Crippen LogP contribution in [0.1, 0.15) is 11.1 Å². The molecule has 2 aromatic rings. The second-order valence-electron chi connectivity index (χ2n) is 4.29. The average Bonchev–Trinajstić information content (AvgIpc) is 2.34. The molecule has 2 rings (SSSR count). The van der Waals surface area contributed by atoms with Crippen LogP contribution in [0.4, 0.5) is 10.1 Å². The van der Waals surface area contributed by atoms with Crippen molar-refractivity contribution in [3.05, 3.63) is 64.4 Å². The summed E-state index contributed by atoms with van der Waals surface area (Å²) in [5, 5.41) is 2.98. The van der Waals surface area contributed by atoms with E-state index in [1.165, 1.54) is 12.1 Å². The summed E-state index contributed by atoms with van der Waals surface area (Å²) in [5.41, 5.74) is 1.95. The van der Waals surface area contributed by atoms with Crippen molar-refractivity contribution in [3.8, 4) is 0 Å². The minimum atomic E-state index is -0.466. The normalized spacial score (nSPS) is 10.3. The van der Waals surface area contributed by atoms with E-state index in [1.807, 2.05) is 25.1 Å². The molecule has 2 nitrogen and oxygen atoms in total. The lowest BCUT2D eigenvalue weighted by atomic mass is 10.1.